The fraction of sp³-hybridized carbons (Fsp3) is 0.316. The van der Waals surface area contributed by atoms with Gasteiger partial charge in [-0.25, -0.2) is 0 Å². The summed E-state index contributed by atoms with van der Waals surface area (Å²) in [5, 5.41) is 3.19. The zero-order valence-corrected chi connectivity index (χ0v) is 14.7. The molecule has 3 nitrogen and oxygen atoms in total. The van der Waals surface area contributed by atoms with Crippen LogP contribution in [-0.4, -0.2) is 13.0 Å². The highest BCUT2D eigenvalue weighted by atomic mass is 79.9. The first kappa shape index (κ1) is 16.1. The van der Waals surface area contributed by atoms with E-state index in [0.717, 1.165) is 35.0 Å². The van der Waals surface area contributed by atoms with Gasteiger partial charge in [-0.05, 0) is 60.2 Å². The molecule has 1 amide bonds. The smallest absolute Gasteiger partial charge is 0.224 e. The normalized spacial score (nSPS) is 16.5. The average Bonchev–Trinajstić information content (AvgIpc) is 2.54. The second-order valence-electron chi connectivity index (χ2n) is 5.88. The molecule has 0 bridgehead atoms. The Labute approximate surface area is 145 Å². The lowest BCUT2D eigenvalue weighted by Gasteiger charge is -2.27. The molecular weight excluding hydrogens is 354 g/mol. The SMILES string of the molecule is COc1ccc2c(c1)CCC[C@H]2NC(=O)Cc1cccc(Br)c1. The molecule has 0 spiro atoms. The van der Waals surface area contributed by atoms with Crippen molar-refractivity contribution in [3.63, 3.8) is 0 Å². The minimum atomic E-state index is 0.0665. The Morgan fingerprint density at radius 2 is 2.17 bits per heavy atom. The van der Waals surface area contributed by atoms with Crippen molar-refractivity contribution in [3.05, 3.63) is 63.6 Å². The first-order chi connectivity index (χ1) is 11.2. The summed E-state index contributed by atoms with van der Waals surface area (Å²) in [5.41, 5.74) is 3.52. The fourth-order valence-electron chi connectivity index (χ4n) is 3.15. The predicted molar refractivity (Wildman–Crippen MR) is 94.7 cm³/mol. The van der Waals surface area contributed by atoms with Gasteiger partial charge in [0.05, 0.1) is 19.6 Å². The zero-order valence-electron chi connectivity index (χ0n) is 13.1. The number of benzene rings is 2. The summed E-state index contributed by atoms with van der Waals surface area (Å²) in [6, 6.07) is 14.1. The summed E-state index contributed by atoms with van der Waals surface area (Å²) in [5.74, 6) is 0.946. The van der Waals surface area contributed by atoms with Crippen LogP contribution in [0.1, 0.15) is 35.6 Å². The monoisotopic (exact) mass is 373 g/mol. The summed E-state index contributed by atoms with van der Waals surface area (Å²) in [6.45, 7) is 0. The summed E-state index contributed by atoms with van der Waals surface area (Å²) in [7, 11) is 1.68. The van der Waals surface area contributed by atoms with Crippen LogP contribution < -0.4 is 10.1 Å². The quantitative estimate of drug-likeness (QED) is 0.872. The molecule has 23 heavy (non-hydrogen) atoms. The number of ether oxygens (including phenoxy) is 1. The van der Waals surface area contributed by atoms with Crippen molar-refractivity contribution >= 4 is 21.8 Å². The molecule has 0 aromatic heterocycles. The van der Waals surface area contributed by atoms with Crippen LogP contribution in [0.5, 0.6) is 5.75 Å². The van der Waals surface area contributed by atoms with Crippen LogP contribution >= 0.6 is 15.9 Å². The minimum Gasteiger partial charge on any atom is -0.497 e. The Morgan fingerprint density at radius 3 is 2.96 bits per heavy atom. The fourth-order valence-corrected chi connectivity index (χ4v) is 3.59. The van der Waals surface area contributed by atoms with Crippen LogP contribution in [0.2, 0.25) is 0 Å². The molecule has 0 radical (unpaired) electrons. The van der Waals surface area contributed by atoms with E-state index >= 15 is 0 Å². The molecule has 0 heterocycles. The average molecular weight is 374 g/mol. The number of nitrogens with one attached hydrogen (secondary N) is 1. The van der Waals surface area contributed by atoms with Crippen molar-refractivity contribution < 1.29 is 9.53 Å². The van der Waals surface area contributed by atoms with Gasteiger partial charge in [0.2, 0.25) is 5.91 Å². The molecule has 120 valence electrons. The molecule has 1 atom stereocenters. The molecule has 0 aliphatic heterocycles. The molecule has 1 N–H and O–H groups in total. The molecule has 4 heteroatoms. The van der Waals surface area contributed by atoms with Crippen molar-refractivity contribution in [2.45, 2.75) is 31.7 Å². The maximum absolute atomic E-state index is 12.4. The van der Waals surface area contributed by atoms with Gasteiger partial charge in [0, 0.05) is 4.47 Å². The largest absolute Gasteiger partial charge is 0.497 e. The summed E-state index contributed by atoms with van der Waals surface area (Å²) in [6.07, 6.45) is 3.53. The van der Waals surface area contributed by atoms with Crippen molar-refractivity contribution in [2.75, 3.05) is 7.11 Å². The van der Waals surface area contributed by atoms with Gasteiger partial charge < -0.3 is 10.1 Å². The molecule has 0 fully saturated rings. The van der Waals surface area contributed by atoms with Crippen LogP contribution in [0.3, 0.4) is 0 Å². The van der Waals surface area contributed by atoms with Gasteiger partial charge in [0.25, 0.3) is 0 Å². The van der Waals surface area contributed by atoms with Gasteiger partial charge in [-0.3, -0.25) is 4.79 Å². The number of carbonyl (C=O) groups is 1. The minimum absolute atomic E-state index is 0.0665. The van der Waals surface area contributed by atoms with E-state index in [1.54, 1.807) is 7.11 Å². The van der Waals surface area contributed by atoms with Crippen LogP contribution in [0.4, 0.5) is 0 Å². The van der Waals surface area contributed by atoms with Gasteiger partial charge >= 0.3 is 0 Å². The molecule has 2 aromatic rings. The molecule has 1 aliphatic carbocycles. The lowest BCUT2D eigenvalue weighted by molar-refractivity contribution is -0.121. The van der Waals surface area contributed by atoms with E-state index in [-0.39, 0.29) is 11.9 Å². The lowest BCUT2D eigenvalue weighted by Crippen LogP contribution is -2.32. The van der Waals surface area contributed by atoms with Gasteiger partial charge in [0.15, 0.2) is 0 Å². The summed E-state index contributed by atoms with van der Waals surface area (Å²) in [4.78, 5) is 12.4. The molecule has 2 aromatic carbocycles. The first-order valence-electron chi connectivity index (χ1n) is 7.86. The molecule has 0 saturated heterocycles. The molecule has 0 unspecified atom stereocenters. The number of hydrogen-bond acceptors (Lipinski definition) is 2. The van der Waals surface area contributed by atoms with E-state index in [0.29, 0.717) is 6.42 Å². The maximum Gasteiger partial charge on any atom is 0.224 e. The molecular formula is C19H20BrNO2. The molecule has 0 saturated carbocycles. The number of methoxy groups -OCH3 is 1. The Hall–Kier alpha value is -1.81. The number of rotatable bonds is 4. The van der Waals surface area contributed by atoms with Gasteiger partial charge in [-0.1, -0.05) is 34.1 Å². The van der Waals surface area contributed by atoms with Crippen molar-refractivity contribution in [2.24, 2.45) is 0 Å². The van der Waals surface area contributed by atoms with Crippen LogP contribution in [-0.2, 0) is 17.6 Å². The Balaban J connectivity index is 1.70. The van der Waals surface area contributed by atoms with Crippen molar-refractivity contribution in [1.82, 2.24) is 5.32 Å². The highest BCUT2D eigenvalue weighted by Crippen LogP contribution is 2.32. The number of carbonyl (C=O) groups excluding carboxylic acids is 1. The lowest BCUT2D eigenvalue weighted by atomic mass is 9.87. The van der Waals surface area contributed by atoms with Gasteiger partial charge in [-0.2, -0.15) is 0 Å². The van der Waals surface area contributed by atoms with Gasteiger partial charge in [0.1, 0.15) is 5.75 Å². The summed E-state index contributed by atoms with van der Waals surface area (Å²) < 4.78 is 6.29. The predicted octanol–water partition coefficient (Wildman–Crippen LogP) is 4.19. The Bertz CT molecular complexity index is 714. The van der Waals surface area contributed by atoms with Crippen LogP contribution in [0, 0.1) is 0 Å². The van der Waals surface area contributed by atoms with E-state index < -0.39 is 0 Å². The number of hydrogen-bond donors (Lipinski definition) is 1. The van der Waals surface area contributed by atoms with Crippen LogP contribution in [0.25, 0.3) is 0 Å². The number of halogens is 1. The van der Waals surface area contributed by atoms with Crippen LogP contribution in [0.15, 0.2) is 46.9 Å². The summed E-state index contributed by atoms with van der Waals surface area (Å²) >= 11 is 3.44. The highest BCUT2D eigenvalue weighted by Gasteiger charge is 2.22. The highest BCUT2D eigenvalue weighted by molar-refractivity contribution is 9.10. The standard InChI is InChI=1S/C19H20BrNO2/c1-23-16-8-9-17-14(12-16)5-3-7-18(17)21-19(22)11-13-4-2-6-15(20)10-13/h2,4,6,8-10,12,18H,3,5,7,11H2,1H3,(H,21,22)/t18-/m1/s1. The Kier molecular flexibility index (Phi) is 5.01. The van der Waals surface area contributed by atoms with E-state index in [2.05, 4.69) is 33.4 Å². The second-order valence-corrected chi connectivity index (χ2v) is 6.80. The zero-order chi connectivity index (χ0) is 16.2. The number of aryl methyl sites for hydroxylation is 1. The number of fused-ring (bicyclic) bond motifs is 1. The van der Waals surface area contributed by atoms with Crippen molar-refractivity contribution in [1.29, 1.82) is 0 Å². The van der Waals surface area contributed by atoms with E-state index in [4.69, 9.17) is 4.74 Å². The maximum atomic E-state index is 12.4. The third kappa shape index (κ3) is 3.94. The van der Waals surface area contributed by atoms with Gasteiger partial charge in [-0.15, -0.1) is 0 Å². The number of amides is 1. The third-order valence-electron chi connectivity index (χ3n) is 4.25. The topological polar surface area (TPSA) is 38.3 Å². The van der Waals surface area contributed by atoms with E-state index in [9.17, 15) is 4.79 Å². The molecule has 1 aliphatic rings. The third-order valence-corrected chi connectivity index (χ3v) is 4.75. The Morgan fingerprint density at radius 1 is 1.30 bits per heavy atom. The second kappa shape index (κ2) is 7.18. The van der Waals surface area contributed by atoms with E-state index in [1.807, 2.05) is 30.3 Å². The first-order valence-corrected chi connectivity index (χ1v) is 8.65. The molecule has 3 rings (SSSR count). The van der Waals surface area contributed by atoms with Crippen molar-refractivity contribution in [3.8, 4) is 5.75 Å². The van der Waals surface area contributed by atoms with E-state index in [1.165, 1.54) is 11.1 Å².